The summed E-state index contributed by atoms with van der Waals surface area (Å²) >= 11 is 0. The molecule has 0 amide bonds. The Labute approximate surface area is 161 Å². The van der Waals surface area contributed by atoms with Crippen LogP contribution in [0.2, 0.25) is 0 Å². The fraction of sp³-hybridized carbons (Fsp3) is 0.708. The zero-order chi connectivity index (χ0) is 18.9. The summed E-state index contributed by atoms with van der Waals surface area (Å²) < 4.78 is 0. The van der Waals surface area contributed by atoms with Crippen molar-refractivity contribution in [3.05, 3.63) is 35.9 Å². The van der Waals surface area contributed by atoms with E-state index in [-0.39, 0.29) is 0 Å². The Kier molecular flexibility index (Phi) is 13.9. The van der Waals surface area contributed by atoms with E-state index in [4.69, 9.17) is 5.11 Å². The number of unbranched alkanes of at least 4 members (excludes halogenated alkanes) is 11. The van der Waals surface area contributed by atoms with E-state index >= 15 is 0 Å². The van der Waals surface area contributed by atoms with Crippen molar-refractivity contribution in [2.45, 2.75) is 109 Å². The third kappa shape index (κ3) is 12.1. The van der Waals surface area contributed by atoms with Gasteiger partial charge in [-0.1, -0.05) is 108 Å². The molecule has 0 saturated heterocycles. The number of aliphatic carboxylic acids is 1. The molecule has 1 atom stereocenters. The molecule has 0 radical (unpaired) electrons. The number of hydrogen-bond donors (Lipinski definition) is 1. The van der Waals surface area contributed by atoms with Crippen LogP contribution in [0.1, 0.15) is 115 Å². The molecule has 0 aromatic heterocycles. The maximum absolute atomic E-state index is 10.4. The number of carboxylic acid groups (broad SMARTS) is 1. The zero-order valence-corrected chi connectivity index (χ0v) is 16.9. The minimum absolute atomic E-state index is 0.338. The van der Waals surface area contributed by atoms with Gasteiger partial charge in [-0.3, -0.25) is 4.79 Å². The molecule has 2 nitrogen and oxygen atoms in total. The molecule has 0 aliphatic rings. The maximum Gasteiger partial charge on any atom is 0.303 e. The molecule has 1 rings (SSSR count). The Bertz CT molecular complexity index is 441. The highest BCUT2D eigenvalue weighted by molar-refractivity contribution is 5.66. The van der Waals surface area contributed by atoms with Crippen molar-refractivity contribution in [2.75, 3.05) is 0 Å². The Morgan fingerprint density at radius 2 is 1.23 bits per heavy atom. The van der Waals surface area contributed by atoms with E-state index in [0.29, 0.717) is 6.42 Å². The minimum Gasteiger partial charge on any atom is -0.481 e. The van der Waals surface area contributed by atoms with E-state index in [1.165, 1.54) is 82.6 Å². The fourth-order valence-electron chi connectivity index (χ4n) is 3.77. The van der Waals surface area contributed by atoms with Crippen molar-refractivity contribution >= 4 is 5.97 Å². The van der Waals surface area contributed by atoms with Crippen LogP contribution in [0.5, 0.6) is 0 Å². The molecule has 0 fully saturated rings. The molecular formula is C24H40O2. The average Bonchev–Trinajstić information content (AvgIpc) is 2.65. The van der Waals surface area contributed by atoms with Gasteiger partial charge in [0.1, 0.15) is 0 Å². The topological polar surface area (TPSA) is 37.3 Å². The molecule has 1 aromatic rings. The average molecular weight is 361 g/mol. The molecule has 26 heavy (non-hydrogen) atoms. The fourth-order valence-corrected chi connectivity index (χ4v) is 3.77. The highest BCUT2D eigenvalue weighted by Gasteiger charge is 2.08. The zero-order valence-electron chi connectivity index (χ0n) is 16.9. The standard InChI is InChI=1S/C24H40O2/c1-2-22(23-19-15-13-16-20-23)18-14-11-9-7-5-3-4-6-8-10-12-17-21-24(25)26/h13,15-16,19-20,22H,2-12,14,17-18,21H2,1H3,(H,25,26). The SMILES string of the molecule is CCC(CCCCCCCCCCCCCCC(=O)O)c1ccccc1. The van der Waals surface area contributed by atoms with Gasteiger partial charge in [-0.25, -0.2) is 0 Å². The van der Waals surface area contributed by atoms with Gasteiger partial charge in [-0.2, -0.15) is 0 Å². The van der Waals surface area contributed by atoms with Crippen LogP contribution in [-0.2, 0) is 4.79 Å². The van der Waals surface area contributed by atoms with Crippen LogP contribution in [0.4, 0.5) is 0 Å². The van der Waals surface area contributed by atoms with Crippen molar-refractivity contribution < 1.29 is 9.90 Å². The lowest BCUT2D eigenvalue weighted by Gasteiger charge is -2.15. The van der Waals surface area contributed by atoms with Gasteiger partial charge in [-0.05, 0) is 30.7 Å². The van der Waals surface area contributed by atoms with Crippen LogP contribution in [-0.4, -0.2) is 11.1 Å². The summed E-state index contributed by atoms with van der Waals surface area (Å²) in [6, 6.07) is 11.0. The first-order valence-electron chi connectivity index (χ1n) is 11.0. The Hall–Kier alpha value is -1.31. The predicted octanol–water partition coefficient (Wildman–Crippen LogP) is 7.73. The van der Waals surface area contributed by atoms with Crippen molar-refractivity contribution in [1.29, 1.82) is 0 Å². The van der Waals surface area contributed by atoms with Gasteiger partial charge in [-0.15, -0.1) is 0 Å². The number of carboxylic acids is 1. The first-order chi connectivity index (χ1) is 12.7. The highest BCUT2D eigenvalue weighted by Crippen LogP contribution is 2.25. The van der Waals surface area contributed by atoms with Crippen LogP contribution in [0.3, 0.4) is 0 Å². The van der Waals surface area contributed by atoms with Crippen LogP contribution in [0.15, 0.2) is 30.3 Å². The smallest absolute Gasteiger partial charge is 0.303 e. The normalized spacial score (nSPS) is 12.2. The number of rotatable bonds is 17. The molecule has 0 spiro atoms. The summed E-state index contributed by atoms with van der Waals surface area (Å²) in [7, 11) is 0. The van der Waals surface area contributed by atoms with Crippen LogP contribution in [0, 0.1) is 0 Å². The highest BCUT2D eigenvalue weighted by atomic mass is 16.4. The molecular weight excluding hydrogens is 320 g/mol. The van der Waals surface area contributed by atoms with Gasteiger partial charge in [0, 0.05) is 6.42 Å². The van der Waals surface area contributed by atoms with Crippen LogP contribution >= 0.6 is 0 Å². The van der Waals surface area contributed by atoms with Gasteiger partial charge in [0.25, 0.3) is 0 Å². The summed E-state index contributed by atoms with van der Waals surface area (Å²) in [5.41, 5.74) is 1.51. The Morgan fingerprint density at radius 1 is 0.769 bits per heavy atom. The van der Waals surface area contributed by atoms with Crippen molar-refractivity contribution in [3.8, 4) is 0 Å². The molecule has 1 N–H and O–H groups in total. The molecule has 0 bridgehead atoms. The second kappa shape index (κ2) is 15.9. The third-order valence-electron chi connectivity index (χ3n) is 5.46. The lowest BCUT2D eigenvalue weighted by molar-refractivity contribution is -0.137. The molecule has 148 valence electrons. The summed E-state index contributed by atoms with van der Waals surface area (Å²) in [6.07, 6.45) is 18.3. The number of carbonyl (C=O) groups is 1. The number of hydrogen-bond acceptors (Lipinski definition) is 1. The monoisotopic (exact) mass is 360 g/mol. The molecule has 0 saturated carbocycles. The molecule has 1 unspecified atom stereocenters. The van der Waals surface area contributed by atoms with E-state index in [9.17, 15) is 4.79 Å². The first kappa shape index (κ1) is 22.7. The summed E-state index contributed by atoms with van der Waals surface area (Å²) in [5.74, 6) is 0.0852. The predicted molar refractivity (Wildman–Crippen MR) is 112 cm³/mol. The molecule has 0 heterocycles. The first-order valence-corrected chi connectivity index (χ1v) is 11.0. The lowest BCUT2D eigenvalue weighted by atomic mass is 9.91. The van der Waals surface area contributed by atoms with E-state index in [1.807, 2.05) is 0 Å². The largest absolute Gasteiger partial charge is 0.481 e. The van der Waals surface area contributed by atoms with E-state index < -0.39 is 5.97 Å². The van der Waals surface area contributed by atoms with Gasteiger partial charge in [0.05, 0.1) is 0 Å². The minimum atomic E-state index is -0.657. The maximum atomic E-state index is 10.4. The second-order valence-electron chi connectivity index (χ2n) is 7.69. The van der Waals surface area contributed by atoms with Gasteiger partial charge < -0.3 is 5.11 Å². The summed E-state index contributed by atoms with van der Waals surface area (Å²) in [4.78, 5) is 10.4. The van der Waals surface area contributed by atoms with E-state index in [1.54, 1.807) is 0 Å². The molecule has 0 aliphatic heterocycles. The Morgan fingerprint density at radius 3 is 1.69 bits per heavy atom. The van der Waals surface area contributed by atoms with Crippen molar-refractivity contribution in [2.24, 2.45) is 0 Å². The molecule has 1 aromatic carbocycles. The quantitative estimate of drug-likeness (QED) is 0.289. The molecule has 0 aliphatic carbocycles. The van der Waals surface area contributed by atoms with Crippen molar-refractivity contribution in [3.63, 3.8) is 0 Å². The second-order valence-corrected chi connectivity index (χ2v) is 7.69. The van der Waals surface area contributed by atoms with Crippen molar-refractivity contribution in [1.82, 2.24) is 0 Å². The van der Waals surface area contributed by atoms with Gasteiger partial charge in [0.2, 0.25) is 0 Å². The third-order valence-corrected chi connectivity index (χ3v) is 5.46. The molecule has 2 heteroatoms. The summed E-state index contributed by atoms with van der Waals surface area (Å²) in [5, 5.41) is 8.58. The van der Waals surface area contributed by atoms with Gasteiger partial charge >= 0.3 is 5.97 Å². The van der Waals surface area contributed by atoms with Gasteiger partial charge in [0.15, 0.2) is 0 Å². The van der Waals surface area contributed by atoms with E-state index in [0.717, 1.165) is 18.8 Å². The van der Waals surface area contributed by atoms with Crippen LogP contribution in [0.25, 0.3) is 0 Å². The van der Waals surface area contributed by atoms with Crippen LogP contribution < -0.4 is 0 Å². The van der Waals surface area contributed by atoms with E-state index in [2.05, 4.69) is 37.3 Å². The number of benzene rings is 1. The summed E-state index contributed by atoms with van der Waals surface area (Å²) in [6.45, 7) is 2.31. The lowest BCUT2D eigenvalue weighted by Crippen LogP contribution is -1.97. The Balaban J connectivity index is 1.85.